The van der Waals surface area contributed by atoms with E-state index < -0.39 is 30.1 Å². The van der Waals surface area contributed by atoms with Crippen molar-refractivity contribution in [2.75, 3.05) is 54.8 Å². The van der Waals surface area contributed by atoms with Crippen LogP contribution in [0.4, 0.5) is 50.8 Å². The standard InChI is InChI=1S/C33H39F5N8O2/c1-32(2,3)46-15-13-45(14-16-46)21-9-11-44(12-10-21)22-7-8-24(26(17-22)48-30(34)35)42-31-40-19-23(33(36,37)38)28(43-31)41-25-6-4-5-20-18-39-29(47)27(20)25/h4-8,17,19,21,30H,9-16,18H2,1-3H3,(H,39,47)(H2,40,41,42,43). The zero-order valence-electron chi connectivity index (χ0n) is 27.0. The van der Waals surface area contributed by atoms with E-state index in [1.54, 1.807) is 18.2 Å². The summed E-state index contributed by atoms with van der Waals surface area (Å²) in [6, 6.07) is 10.00. The van der Waals surface area contributed by atoms with Crippen LogP contribution in [0.3, 0.4) is 0 Å². The minimum atomic E-state index is -4.82. The van der Waals surface area contributed by atoms with Gasteiger partial charge in [-0.1, -0.05) is 12.1 Å². The summed E-state index contributed by atoms with van der Waals surface area (Å²) in [6.45, 7) is 9.37. The molecule has 1 aromatic heterocycles. The summed E-state index contributed by atoms with van der Waals surface area (Å²) in [4.78, 5) is 27.4. The van der Waals surface area contributed by atoms with Gasteiger partial charge in [-0.2, -0.15) is 26.9 Å². The molecule has 0 saturated carbocycles. The number of carbonyl (C=O) groups excluding carboxylic acids is 1. The van der Waals surface area contributed by atoms with Crippen molar-refractivity contribution < 1.29 is 31.5 Å². The molecule has 0 atom stereocenters. The fraction of sp³-hybridized carbons (Fsp3) is 0.485. The van der Waals surface area contributed by atoms with E-state index in [2.05, 4.69) is 61.4 Å². The monoisotopic (exact) mass is 674 g/mol. The first-order valence-corrected chi connectivity index (χ1v) is 16.0. The van der Waals surface area contributed by atoms with Gasteiger partial charge in [0.25, 0.3) is 5.91 Å². The molecule has 258 valence electrons. The Balaban J connectivity index is 1.18. The van der Waals surface area contributed by atoms with Gasteiger partial charge in [-0.05, 0) is 57.4 Å². The van der Waals surface area contributed by atoms with E-state index in [0.29, 0.717) is 23.5 Å². The molecule has 0 spiro atoms. The number of alkyl halides is 5. The first-order chi connectivity index (χ1) is 22.8. The van der Waals surface area contributed by atoms with E-state index in [0.717, 1.165) is 52.1 Å². The number of anilines is 5. The number of piperidine rings is 1. The first-order valence-electron chi connectivity index (χ1n) is 16.0. The summed E-state index contributed by atoms with van der Waals surface area (Å²) in [6.07, 6.45) is -2.36. The highest BCUT2D eigenvalue weighted by molar-refractivity contribution is 6.04. The van der Waals surface area contributed by atoms with Gasteiger partial charge in [0.1, 0.15) is 11.4 Å². The molecule has 3 aliphatic heterocycles. The first kappa shape index (κ1) is 33.7. The summed E-state index contributed by atoms with van der Waals surface area (Å²) in [5.41, 5.74) is 0.712. The van der Waals surface area contributed by atoms with Crippen LogP contribution in [-0.2, 0) is 12.7 Å². The van der Waals surface area contributed by atoms with Crippen LogP contribution in [-0.4, -0.2) is 83.1 Å². The third-order valence-electron chi connectivity index (χ3n) is 9.20. The fourth-order valence-electron chi connectivity index (χ4n) is 6.63. The number of benzene rings is 2. The highest BCUT2D eigenvalue weighted by Gasteiger charge is 2.36. The van der Waals surface area contributed by atoms with Crippen LogP contribution >= 0.6 is 0 Å². The molecule has 0 aliphatic carbocycles. The van der Waals surface area contributed by atoms with Gasteiger partial charge in [-0.25, -0.2) is 4.98 Å². The van der Waals surface area contributed by atoms with Crippen molar-refractivity contribution in [2.24, 2.45) is 0 Å². The Kier molecular flexibility index (Phi) is 9.35. The number of fused-ring (bicyclic) bond motifs is 1. The number of carbonyl (C=O) groups is 1. The molecule has 3 N–H and O–H groups in total. The third kappa shape index (κ3) is 7.41. The lowest BCUT2D eigenvalue weighted by Crippen LogP contribution is -2.57. The Labute approximate surface area is 275 Å². The molecule has 4 heterocycles. The van der Waals surface area contributed by atoms with Crippen molar-refractivity contribution in [2.45, 2.75) is 64.5 Å². The summed E-state index contributed by atoms with van der Waals surface area (Å²) in [7, 11) is 0. The summed E-state index contributed by atoms with van der Waals surface area (Å²) in [5.74, 6) is -1.52. The number of hydrogen-bond acceptors (Lipinski definition) is 9. The van der Waals surface area contributed by atoms with E-state index in [-0.39, 0.29) is 40.7 Å². The molecular weight excluding hydrogens is 635 g/mol. The third-order valence-corrected chi connectivity index (χ3v) is 9.20. The van der Waals surface area contributed by atoms with Crippen molar-refractivity contribution in [1.29, 1.82) is 0 Å². The van der Waals surface area contributed by atoms with Crippen molar-refractivity contribution in [3.05, 3.63) is 59.3 Å². The Morgan fingerprint density at radius 1 is 0.958 bits per heavy atom. The molecule has 3 aromatic rings. The maximum absolute atomic E-state index is 13.9. The average Bonchev–Trinajstić information content (AvgIpc) is 3.42. The van der Waals surface area contributed by atoms with Crippen molar-refractivity contribution in [1.82, 2.24) is 25.1 Å². The fourth-order valence-corrected chi connectivity index (χ4v) is 6.63. The van der Waals surface area contributed by atoms with Crippen LogP contribution in [0.5, 0.6) is 5.75 Å². The molecule has 0 bridgehead atoms. The lowest BCUT2D eigenvalue weighted by molar-refractivity contribution is -0.137. The average molecular weight is 675 g/mol. The lowest BCUT2D eigenvalue weighted by Gasteiger charge is -2.46. The number of piperazine rings is 1. The maximum Gasteiger partial charge on any atom is 0.421 e. The van der Waals surface area contributed by atoms with Gasteiger partial charge in [-0.3, -0.25) is 14.6 Å². The topological polar surface area (TPSA) is 97.9 Å². The minimum absolute atomic E-state index is 0.0522. The van der Waals surface area contributed by atoms with E-state index in [9.17, 15) is 26.7 Å². The van der Waals surface area contributed by atoms with Gasteiger partial charge in [0.15, 0.2) is 5.75 Å². The molecule has 48 heavy (non-hydrogen) atoms. The lowest BCUT2D eigenvalue weighted by atomic mass is 10.00. The van der Waals surface area contributed by atoms with E-state index in [4.69, 9.17) is 4.74 Å². The highest BCUT2D eigenvalue weighted by Crippen LogP contribution is 2.38. The largest absolute Gasteiger partial charge is 0.433 e. The van der Waals surface area contributed by atoms with Crippen LogP contribution in [0.15, 0.2) is 42.6 Å². The van der Waals surface area contributed by atoms with Gasteiger partial charge >= 0.3 is 12.8 Å². The Morgan fingerprint density at radius 3 is 2.35 bits per heavy atom. The van der Waals surface area contributed by atoms with E-state index in [1.807, 2.05) is 0 Å². The zero-order chi connectivity index (χ0) is 34.2. The number of aromatic nitrogens is 2. The van der Waals surface area contributed by atoms with E-state index in [1.165, 1.54) is 18.2 Å². The molecule has 6 rings (SSSR count). The molecule has 2 aromatic carbocycles. The van der Waals surface area contributed by atoms with Crippen LogP contribution in [0.25, 0.3) is 0 Å². The van der Waals surface area contributed by atoms with Crippen molar-refractivity contribution >= 4 is 34.7 Å². The molecule has 10 nitrogen and oxygen atoms in total. The van der Waals surface area contributed by atoms with Gasteiger partial charge in [0.2, 0.25) is 5.95 Å². The van der Waals surface area contributed by atoms with Gasteiger partial charge in [-0.15, -0.1) is 0 Å². The minimum Gasteiger partial charge on any atom is -0.433 e. The van der Waals surface area contributed by atoms with Crippen molar-refractivity contribution in [3.63, 3.8) is 0 Å². The molecular formula is C33H39F5N8O2. The second-order valence-corrected chi connectivity index (χ2v) is 13.2. The highest BCUT2D eigenvalue weighted by atomic mass is 19.4. The molecule has 15 heteroatoms. The van der Waals surface area contributed by atoms with E-state index >= 15 is 0 Å². The number of halogens is 5. The number of nitrogens with one attached hydrogen (secondary N) is 3. The molecule has 1 amide bonds. The Morgan fingerprint density at radius 2 is 1.69 bits per heavy atom. The van der Waals surface area contributed by atoms with Crippen LogP contribution in [0.2, 0.25) is 0 Å². The molecule has 2 saturated heterocycles. The Bertz CT molecular complexity index is 1630. The molecule has 2 fully saturated rings. The predicted molar refractivity (Wildman–Crippen MR) is 172 cm³/mol. The predicted octanol–water partition coefficient (Wildman–Crippen LogP) is 6.21. The number of nitrogens with zero attached hydrogens (tertiary/aromatic N) is 5. The van der Waals surface area contributed by atoms with Gasteiger partial charge in [0, 0.05) is 75.3 Å². The van der Waals surface area contributed by atoms with Crippen molar-refractivity contribution in [3.8, 4) is 5.75 Å². The SMILES string of the molecule is CC(C)(C)N1CCN(C2CCN(c3ccc(Nc4ncc(C(F)(F)F)c(Nc5cccc6c5C(=O)NC6)n4)c(OC(F)F)c3)CC2)CC1. The van der Waals surface area contributed by atoms with Crippen LogP contribution in [0.1, 0.15) is 55.1 Å². The number of hydrogen-bond donors (Lipinski definition) is 3. The quantitative estimate of drug-likeness (QED) is 0.241. The van der Waals surface area contributed by atoms with Gasteiger partial charge < -0.3 is 25.6 Å². The van der Waals surface area contributed by atoms with Crippen LogP contribution < -0.4 is 25.6 Å². The van der Waals surface area contributed by atoms with Gasteiger partial charge in [0.05, 0.1) is 16.9 Å². The van der Waals surface area contributed by atoms with Crippen LogP contribution in [0, 0.1) is 0 Å². The second kappa shape index (κ2) is 13.3. The second-order valence-electron chi connectivity index (χ2n) is 13.2. The normalized spacial score (nSPS) is 18.2. The molecule has 3 aliphatic rings. The molecule has 0 radical (unpaired) electrons. The number of amides is 1. The maximum atomic E-state index is 13.9. The summed E-state index contributed by atoms with van der Waals surface area (Å²) in [5, 5.41) is 8.02. The summed E-state index contributed by atoms with van der Waals surface area (Å²) >= 11 is 0. The molecule has 0 unspecified atom stereocenters. The Hall–Kier alpha value is -4.24. The summed E-state index contributed by atoms with van der Waals surface area (Å²) < 4.78 is 73.7. The number of rotatable bonds is 8. The number of ether oxygens (including phenoxy) is 1. The zero-order valence-corrected chi connectivity index (χ0v) is 27.0. The smallest absolute Gasteiger partial charge is 0.421 e.